The summed E-state index contributed by atoms with van der Waals surface area (Å²) in [7, 11) is 1.63. The molecule has 1 heterocycles. The van der Waals surface area contributed by atoms with Crippen molar-refractivity contribution in [3.63, 3.8) is 0 Å². The number of aliphatic carboxylic acids is 1. The van der Waals surface area contributed by atoms with Gasteiger partial charge in [-0.05, 0) is 30.5 Å². The monoisotopic (exact) mass is 307 g/mol. The molecular weight excluding hydrogens is 282 g/mol. The second-order valence-electron chi connectivity index (χ2n) is 6.08. The number of ether oxygens (including phenoxy) is 1. The molecule has 2 rings (SSSR count). The van der Waals surface area contributed by atoms with E-state index in [0.717, 1.165) is 17.7 Å². The van der Waals surface area contributed by atoms with Crippen LogP contribution in [0, 0.1) is 5.41 Å². The Hall–Kier alpha value is -1.59. The molecular formula is C17H25NO4. The van der Waals surface area contributed by atoms with Crippen molar-refractivity contribution in [2.24, 2.45) is 5.41 Å². The number of aliphatic hydroxyl groups is 1. The highest BCUT2D eigenvalue weighted by atomic mass is 16.5. The van der Waals surface area contributed by atoms with Gasteiger partial charge >= 0.3 is 5.97 Å². The maximum Gasteiger partial charge on any atom is 0.313 e. The highest BCUT2D eigenvalue weighted by molar-refractivity contribution is 5.76. The minimum atomic E-state index is -1.05. The fraction of sp³-hybridized carbons (Fsp3) is 0.588. The molecule has 0 unspecified atom stereocenters. The van der Waals surface area contributed by atoms with Crippen LogP contribution in [0.3, 0.4) is 0 Å². The first-order chi connectivity index (χ1) is 10.5. The average Bonchev–Trinajstić information content (AvgIpc) is 2.51. The zero-order valence-electron chi connectivity index (χ0n) is 13.3. The molecule has 1 aliphatic heterocycles. The van der Waals surface area contributed by atoms with Gasteiger partial charge in [-0.15, -0.1) is 0 Å². The molecule has 5 nitrogen and oxygen atoms in total. The van der Waals surface area contributed by atoms with Gasteiger partial charge in [0, 0.05) is 19.6 Å². The molecule has 0 bridgehead atoms. The lowest BCUT2D eigenvalue weighted by atomic mass is 9.74. The molecule has 122 valence electrons. The molecule has 0 aromatic heterocycles. The smallest absolute Gasteiger partial charge is 0.313 e. The number of hydrogen-bond acceptors (Lipinski definition) is 4. The second-order valence-corrected chi connectivity index (χ2v) is 6.08. The topological polar surface area (TPSA) is 70.0 Å². The van der Waals surface area contributed by atoms with Crippen LogP contribution in [0.25, 0.3) is 0 Å². The van der Waals surface area contributed by atoms with Crippen molar-refractivity contribution in [2.75, 3.05) is 20.2 Å². The zero-order valence-corrected chi connectivity index (χ0v) is 13.3. The quantitative estimate of drug-likeness (QED) is 0.842. The van der Waals surface area contributed by atoms with Crippen LogP contribution < -0.4 is 4.74 Å². The number of rotatable bonds is 6. The molecule has 0 amide bonds. The highest BCUT2D eigenvalue weighted by Crippen LogP contribution is 2.36. The molecule has 1 fully saturated rings. The van der Waals surface area contributed by atoms with Gasteiger partial charge < -0.3 is 14.9 Å². The van der Waals surface area contributed by atoms with Gasteiger partial charge in [0.1, 0.15) is 11.2 Å². The van der Waals surface area contributed by atoms with E-state index in [-0.39, 0.29) is 0 Å². The maximum absolute atomic E-state index is 11.8. The van der Waals surface area contributed by atoms with Crippen LogP contribution in [0.15, 0.2) is 24.3 Å². The Kier molecular flexibility index (Phi) is 5.42. The number of likely N-dealkylation sites (tertiary alicyclic amines) is 1. The summed E-state index contributed by atoms with van der Waals surface area (Å²) in [5.41, 5.74) is 0.0396. The van der Waals surface area contributed by atoms with Crippen molar-refractivity contribution in [3.8, 4) is 5.75 Å². The van der Waals surface area contributed by atoms with Gasteiger partial charge in [0.25, 0.3) is 0 Å². The van der Waals surface area contributed by atoms with Gasteiger partial charge in [-0.25, -0.2) is 0 Å². The molecule has 2 N–H and O–H groups in total. The van der Waals surface area contributed by atoms with Crippen LogP contribution in [0.4, 0.5) is 0 Å². The maximum atomic E-state index is 11.8. The van der Waals surface area contributed by atoms with Gasteiger partial charge in [-0.2, -0.15) is 0 Å². The third kappa shape index (κ3) is 3.42. The number of methoxy groups -OCH3 is 1. The van der Waals surface area contributed by atoms with E-state index in [4.69, 9.17) is 4.74 Å². The van der Waals surface area contributed by atoms with Gasteiger partial charge in [0.05, 0.1) is 13.2 Å². The lowest BCUT2D eigenvalue weighted by molar-refractivity contribution is -0.164. The Morgan fingerprint density at radius 3 is 2.91 bits per heavy atom. The van der Waals surface area contributed by atoms with Crippen molar-refractivity contribution < 1.29 is 19.7 Å². The summed E-state index contributed by atoms with van der Waals surface area (Å²) in [6.07, 6.45) is 0.969. The van der Waals surface area contributed by atoms with Crippen molar-refractivity contribution >= 4 is 5.97 Å². The van der Waals surface area contributed by atoms with E-state index in [2.05, 4.69) is 4.90 Å². The molecule has 22 heavy (non-hydrogen) atoms. The molecule has 0 spiro atoms. The molecule has 1 aliphatic rings. The summed E-state index contributed by atoms with van der Waals surface area (Å²) in [6, 6.07) is 7.80. The number of nitrogens with zero attached hydrogens (tertiary/aromatic N) is 1. The van der Waals surface area contributed by atoms with Crippen LogP contribution in [0.2, 0.25) is 0 Å². The van der Waals surface area contributed by atoms with Crippen molar-refractivity contribution in [3.05, 3.63) is 29.8 Å². The SMILES string of the molecule is CCC[C@@]1(C(=O)O)CN(Cc2cccc(OC)c2)CC[C@H]1O. The molecule has 0 radical (unpaired) electrons. The minimum Gasteiger partial charge on any atom is -0.497 e. The van der Waals surface area contributed by atoms with E-state index in [9.17, 15) is 15.0 Å². The first-order valence-electron chi connectivity index (χ1n) is 7.78. The summed E-state index contributed by atoms with van der Waals surface area (Å²) >= 11 is 0. The fourth-order valence-electron chi connectivity index (χ4n) is 3.34. The Morgan fingerprint density at radius 1 is 1.50 bits per heavy atom. The predicted octanol–water partition coefficient (Wildman–Crippen LogP) is 2.13. The molecule has 0 saturated carbocycles. The van der Waals surface area contributed by atoms with E-state index in [1.54, 1.807) is 7.11 Å². The van der Waals surface area contributed by atoms with Crippen LogP contribution >= 0.6 is 0 Å². The average molecular weight is 307 g/mol. The highest BCUT2D eigenvalue weighted by Gasteiger charge is 2.48. The molecule has 0 aliphatic carbocycles. The van der Waals surface area contributed by atoms with Crippen molar-refractivity contribution in [1.29, 1.82) is 0 Å². The third-order valence-electron chi connectivity index (χ3n) is 4.52. The predicted molar refractivity (Wildman–Crippen MR) is 83.9 cm³/mol. The van der Waals surface area contributed by atoms with Crippen LogP contribution in [-0.4, -0.2) is 47.4 Å². The van der Waals surface area contributed by atoms with Crippen LogP contribution in [-0.2, 0) is 11.3 Å². The summed E-state index contributed by atoms with van der Waals surface area (Å²) in [5.74, 6) is -0.0928. The lowest BCUT2D eigenvalue weighted by Gasteiger charge is -2.43. The molecule has 1 aromatic rings. The lowest BCUT2D eigenvalue weighted by Crippen LogP contribution is -2.55. The fourth-order valence-corrected chi connectivity index (χ4v) is 3.34. The third-order valence-corrected chi connectivity index (χ3v) is 4.52. The van der Waals surface area contributed by atoms with E-state index < -0.39 is 17.5 Å². The van der Waals surface area contributed by atoms with E-state index in [0.29, 0.717) is 32.5 Å². The van der Waals surface area contributed by atoms with Crippen LogP contribution in [0.1, 0.15) is 31.7 Å². The standard InChI is InChI=1S/C17H25NO4/c1-3-8-17(16(20)21)12-18(9-7-15(17)19)11-13-5-4-6-14(10-13)22-2/h4-6,10,15,19H,3,7-9,11-12H2,1-2H3,(H,20,21)/t15-,17-/m1/s1. The second kappa shape index (κ2) is 7.11. The number of carbonyl (C=O) groups is 1. The van der Waals surface area contributed by atoms with E-state index in [1.807, 2.05) is 31.2 Å². The molecule has 1 aromatic carbocycles. The summed E-state index contributed by atoms with van der Waals surface area (Å²) in [4.78, 5) is 13.9. The first kappa shape index (κ1) is 16.8. The van der Waals surface area contributed by atoms with E-state index >= 15 is 0 Å². The number of benzene rings is 1. The largest absolute Gasteiger partial charge is 0.497 e. The number of aliphatic hydroxyl groups excluding tert-OH is 1. The summed E-state index contributed by atoms with van der Waals surface area (Å²) < 4.78 is 5.23. The number of carboxylic acids is 1. The van der Waals surface area contributed by atoms with Gasteiger partial charge in [-0.3, -0.25) is 9.69 Å². The number of piperidine rings is 1. The van der Waals surface area contributed by atoms with E-state index in [1.165, 1.54) is 0 Å². The molecule has 2 atom stereocenters. The van der Waals surface area contributed by atoms with Gasteiger partial charge in [0.15, 0.2) is 0 Å². The summed E-state index contributed by atoms with van der Waals surface area (Å²) in [5, 5.41) is 19.9. The van der Waals surface area contributed by atoms with Gasteiger partial charge in [0.2, 0.25) is 0 Å². The Labute approximate surface area is 131 Å². The Bertz CT molecular complexity index is 519. The molecule has 5 heteroatoms. The molecule has 1 saturated heterocycles. The van der Waals surface area contributed by atoms with Crippen molar-refractivity contribution in [1.82, 2.24) is 4.90 Å². The summed E-state index contributed by atoms with van der Waals surface area (Å²) in [6.45, 7) is 3.72. The van der Waals surface area contributed by atoms with Crippen LogP contribution in [0.5, 0.6) is 5.75 Å². The normalized spacial score (nSPS) is 25.9. The zero-order chi connectivity index (χ0) is 16.2. The number of hydrogen-bond donors (Lipinski definition) is 2. The van der Waals surface area contributed by atoms with Gasteiger partial charge in [-0.1, -0.05) is 25.5 Å². The number of carboxylic acid groups (broad SMARTS) is 1. The Balaban J connectivity index is 2.14. The minimum absolute atomic E-state index is 0.383. The first-order valence-corrected chi connectivity index (χ1v) is 7.78. The van der Waals surface area contributed by atoms with Crippen molar-refractivity contribution in [2.45, 2.75) is 38.8 Å². The Morgan fingerprint density at radius 2 is 2.27 bits per heavy atom.